The van der Waals surface area contributed by atoms with Crippen LogP contribution >= 0.6 is 0 Å². The van der Waals surface area contributed by atoms with Crippen molar-refractivity contribution in [1.29, 1.82) is 0 Å². The molecule has 108 valence electrons. The summed E-state index contributed by atoms with van der Waals surface area (Å²) in [6.45, 7) is 5.46. The summed E-state index contributed by atoms with van der Waals surface area (Å²) in [6.07, 6.45) is 3.57. The lowest BCUT2D eigenvalue weighted by Gasteiger charge is -2.34. The summed E-state index contributed by atoms with van der Waals surface area (Å²) < 4.78 is 15.7. The lowest BCUT2D eigenvalue weighted by molar-refractivity contribution is 0.00920. The maximum Gasteiger partial charge on any atom is 0.0701 e. The number of ether oxygens (including phenoxy) is 3. The highest BCUT2D eigenvalue weighted by molar-refractivity contribution is 4.75. The van der Waals surface area contributed by atoms with Crippen molar-refractivity contribution >= 4 is 0 Å². The molecule has 18 heavy (non-hydrogen) atoms. The number of methoxy groups -OCH3 is 1. The average Bonchev–Trinajstić information content (AvgIpc) is 2.42. The molecule has 1 atom stereocenters. The largest absolute Gasteiger partial charge is 0.395 e. The van der Waals surface area contributed by atoms with E-state index in [0.717, 1.165) is 19.5 Å². The van der Waals surface area contributed by atoms with Crippen LogP contribution in [-0.4, -0.2) is 75.9 Å². The Balaban J connectivity index is 1.93. The Kier molecular flexibility index (Phi) is 9.42. The summed E-state index contributed by atoms with van der Waals surface area (Å²) >= 11 is 0. The van der Waals surface area contributed by atoms with Crippen LogP contribution in [0.25, 0.3) is 0 Å². The van der Waals surface area contributed by atoms with E-state index in [2.05, 4.69) is 4.90 Å². The summed E-state index contributed by atoms with van der Waals surface area (Å²) in [5, 5.41) is 9.27. The van der Waals surface area contributed by atoms with Crippen molar-refractivity contribution < 1.29 is 19.3 Å². The Bertz CT molecular complexity index is 192. The van der Waals surface area contributed by atoms with E-state index in [4.69, 9.17) is 14.2 Å². The lowest BCUT2D eigenvalue weighted by atomic mass is 10.0. The van der Waals surface area contributed by atoms with E-state index in [9.17, 15) is 5.11 Å². The van der Waals surface area contributed by atoms with E-state index in [1.54, 1.807) is 7.11 Å². The Labute approximate surface area is 110 Å². The molecule has 0 spiro atoms. The topological polar surface area (TPSA) is 51.2 Å². The summed E-state index contributed by atoms with van der Waals surface area (Å²) in [7, 11) is 1.66. The molecule has 1 aliphatic heterocycles. The molecule has 0 aliphatic carbocycles. The van der Waals surface area contributed by atoms with E-state index in [1.807, 2.05) is 0 Å². The van der Waals surface area contributed by atoms with Gasteiger partial charge in [-0.15, -0.1) is 0 Å². The van der Waals surface area contributed by atoms with Gasteiger partial charge in [-0.1, -0.05) is 6.42 Å². The number of likely N-dealkylation sites (tertiary alicyclic amines) is 1. The molecule has 0 aromatic carbocycles. The molecule has 0 amide bonds. The first-order chi connectivity index (χ1) is 8.88. The van der Waals surface area contributed by atoms with Crippen LogP contribution in [0.1, 0.15) is 19.3 Å². The van der Waals surface area contributed by atoms with Gasteiger partial charge in [-0.25, -0.2) is 0 Å². The molecular formula is C13H27NO4. The van der Waals surface area contributed by atoms with Gasteiger partial charge in [0.1, 0.15) is 0 Å². The average molecular weight is 261 g/mol. The summed E-state index contributed by atoms with van der Waals surface area (Å²) in [5.41, 5.74) is 0. The highest BCUT2D eigenvalue weighted by atomic mass is 16.5. The fourth-order valence-corrected chi connectivity index (χ4v) is 2.21. The number of rotatable bonds is 10. The van der Waals surface area contributed by atoms with Crippen molar-refractivity contribution in [2.75, 3.05) is 59.8 Å². The van der Waals surface area contributed by atoms with Gasteiger partial charge >= 0.3 is 0 Å². The minimum absolute atomic E-state index is 0.264. The molecule has 1 heterocycles. The van der Waals surface area contributed by atoms with E-state index >= 15 is 0 Å². The molecule has 0 radical (unpaired) electrons. The van der Waals surface area contributed by atoms with Gasteiger partial charge in [0.2, 0.25) is 0 Å². The van der Waals surface area contributed by atoms with Crippen molar-refractivity contribution in [1.82, 2.24) is 4.90 Å². The van der Waals surface area contributed by atoms with Crippen molar-refractivity contribution in [2.24, 2.45) is 0 Å². The van der Waals surface area contributed by atoms with Crippen LogP contribution < -0.4 is 0 Å². The zero-order valence-corrected chi connectivity index (χ0v) is 11.5. The Morgan fingerprint density at radius 2 is 1.78 bits per heavy atom. The van der Waals surface area contributed by atoms with E-state index in [-0.39, 0.29) is 6.61 Å². The summed E-state index contributed by atoms with van der Waals surface area (Å²) in [6, 6.07) is 0.334. The smallest absolute Gasteiger partial charge is 0.0701 e. The molecule has 1 saturated heterocycles. The number of aliphatic hydroxyl groups excluding tert-OH is 1. The second-order valence-corrected chi connectivity index (χ2v) is 4.59. The van der Waals surface area contributed by atoms with Gasteiger partial charge in [-0.05, 0) is 19.4 Å². The van der Waals surface area contributed by atoms with E-state index in [0.29, 0.717) is 39.1 Å². The van der Waals surface area contributed by atoms with E-state index < -0.39 is 0 Å². The third kappa shape index (κ3) is 6.66. The van der Waals surface area contributed by atoms with Gasteiger partial charge in [-0.2, -0.15) is 0 Å². The third-order valence-corrected chi connectivity index (χ3v) is 3.29. The molecule has 5 heteroatoms. The third-order valence-electron chi connectivity index (χ3n) is 3.29. The zero-order chi connectivity index (χ0) is 13.1. The van der Waals surface area contributed by atoms with Crippen LogP contribution in [0.5, 0.6) is 0 Å². The van der Waals surface area contributed by atoms with Crippen molar-refractivity contribution in [2.45, 2.75) is 25.3 Å². The first-order valence-corrected chi connectivity index (χ1v) is 6.88. The van der Waals surface area contributed by atoms with Gasteiger partial charge < -0.3 is 19.3 Å². The number of aliphatic hydroxyl groups is 1. The molecule has 0 saturated carbocycles. The molecule has 0 aromatic heterocycles. The van der Waals surface area contributed by atoms with Gasteiger partial charge in [-0.3, -0.25) is 4.90 Å². The normalized spacial score (nSPS) is 21.3. The minimum Gasteiger partial charge on any atom is -0.395 e. The molecule has 0 aromatic rings. The minimum atomic E-state index is 0.264. The van der Waals surface area contributed by atoms with Gasteiger partial charge in [0.25, 0.3) is 0 Å². The molecule has 1 aliphatic rings. The Morgan fingerprint density at radius 1 is 1.06 bits per heavy atom. The fraction of sp³-hybridized carbons (Fsp3) is 1.00. The zero-order valence-electron chi connectivity index (χ0n) is 11.5. The van der Waals surface area contributed by atoms with Crippen LogP contribution in [0.15, 0.2) is 0 Å². The quantitative estimate of drug-likeness (QED) is 0.581. The maximum atomic E-state index is 9.27. The van der Waals surface area contributed by atoms with Crippen LogP contribution in [-0.2, 0) is 14.2 Å². The van der Waals surface area contributed by atoms with Crippen LogP contribution in [0.4, 0.5) is 0 Å². The first kappa shape index (κ1) is 15.9. The van der Waals surface area contributed by atoms with Crippen LogP contribution in [0.2, 0.25) is 0 Å². The molecule has 1 rings (SSSR count). The number of hydrogen-bond acceptors (Lipinski definition) is 5. The number of hydrogen-bond donors (Lipinski definition) is 1. The maximum absolute atomic E-state index is 9.27. The Hall–Kier alpha value is -0.200. The molecule has 1 fully saturated rings. The Morgan fingerprint density at radius 3 is 2.50 bits per heavy atom. The fourth-order valence-electron chi connectivity index (χ4n) is 2.21. The standard InChI is InChI=1S/C13H27NO4/c1-16-8-9-18-11-10-17-7-6-14-5-3-2-4-13(14)12-15/h13,15H,2-12H2,1H3. The lowest BCUT2D eigenvalue weighted by Crippen LogP contribution is -2.43. The number of nitrogens with zero attached hydrogens (tertiary/aromatic N) is 1. The predicted octanol–water partition coefficient (Wildman–Crippen LogP) is 0.513. The van der Waals surface area contributed by atoms with Gasteiger partial charge in [0, 0.05) is 19.7 Å². The van der Waals surface area contributed by atoms with Gasteiger partial charge in [0.15, 0.2) is 0 Å². The van der Waals surface area contributed by atoms with Crippen molar-refractivity contribution in [3.8, 4) is 0 Å². The summed E-state index contributed by atoms with van der Waals surface area (Å²) in [4.78, 5) is 2.33. The first-order valence-electron chi connectivity index (χ1n) is 6.88. The molecule has 1 unspecified atom stereocenters. The van der Waals surface area contributed by atoms with Crippen molar-refractivity contribution in [3.05, 3.63) is 0 Å². The van der Waals surface area contributed by atoms with Crippen LogP contribution in [0, 0.1) is 0 Å². The second kappa shape index (κ2) is 10.7. The highest BCUT2D eigenvalue weighted by Crippen LogP contribution is 2.15. The number of piperidine rings is 1. The van der Waals surface area contributed by atoms with Crippen LogP contribution in [0.3, 0.4) is 0 Å². The van der Waals surface area contributed by atoms with E-state index in [1.165, 1.54) is 12.8 Å². The van der Waals surface area contributed by atoms with Crippen molar-refractivity contribution in [3.63, 3.8) is 0 Å². The predicted molar refractivity (Wildman–Crippen MR) is 69.8 cm³/mol. The SMILES string of the molecule is COCCOCCOCCN1CCCCC1CO. The monoisotopic (exact) mass is 261 g/mol. The van der Waals surface area contributed by atoms with Gasteiger partial charge in [0.05, 0.1) is 39.6 Å². The molecule has 1 N–H and O–H groups in total. The highest BCUT2D eigenvalue weighted by Gasteiger charge is 2.20. The summed E-state index contributed by atoms with van der Waals surface area (Å²) in [5.74, 6) is 0. The molecule has 0 bridgehead atoms. The molecular weight excluding hydrogens is 234 g/mol. The second-order valence-electron chi connectivity index (χ2n) is 4.59. The molecule has 5 nitrogen and oxygen atoms in total.